The van der Waals surface area contributed by atoms with E-state index in [4.69, 9.17) is 4.74 Å². The number of ether oxygens (including phenoxy) is 1. The Morgan fingerprint density at radius 3 is 2.46 bits per heavy atom. The maximum Gasteiger partial charge on any atom is 0.276 e. The van der Waals surface area contributed by atoms with Crippen molar-refractivity contribution >= 4 is 17.4 Å². The van der Waals surface area contributed by atoms with E-state index < -0.39 is 0 Å². The fourth-order valence-electron chi connectivity index (χ4n) is 2.41. The van der Waals surface area contributed by atoms with Crippen LogP contribution in [0.4, 0.5) is 11.5 Å². The first-order valence-electron chi connectivity index (χ1n) is 8.23. The largest absolute Gasteiger partial charge is 0.496 e. The number of hydrogen-bond donors (Lipinski definition) is 2. The molecule has 6 nitrogen and oxygen atoms in total. The van der Waals surface area contributed by atoms with E-state index in [2.05, 4.69) is 20.8 Å². The highest BCUT2D eigenvalue weighted by Crippen LogP contribution is 2.18. The quantitative estimate of drug-likeness (QED) is 0.711. The second-order valence-corrected chi connectivity index (χ2v) is 5.79. The van der Waals surface area contributed by atoms with Gasteiger partial charge < -0.3 is 15.4 Å². The molecule has 2 N–H and O–H groups in total. The zero-order valence-corrected chi connectivity index (χ0v) is 14.7. The second kappa shape index (κ2) is 8.11. The third-order valence-electron chi connectivity index (χ3n) is 3.86. The van der Waals surface area contributed by atoms with Gasteiger partial charge in [0.2, 0.25) is 0 Å². The summed E-state index contributed by atoms with van der Waals surface area (Å²) in [6.45, 7) is 2.54. The molecule has 0 atom stereocenters. The number of aryl methyl sites for hydroxylation is 1. The number of carbonyl (C=O) groups is 1. The normalized spacial score (nSPS) is 10.2. The lowest BCUT2D eigenvalue weighted by Gasteiger charge is -2.10. The summed E-state index contributed by atoms with van der Waals surface area (Å²) in [5, 5.41) is 14.0. The predicted octanol–water partition coefficient (Wildman–Crippen LogP) is 3.66. The summed E-state index contributed by atoms with van der Waals surface area (Å²) in [6.07, 6.45) is 0. The topological polar surface area (TPSA) is 76.1 Å². The number of nitrogens with one attached hydrogen (secondary N) is 2. The van der Waals surface area contributed by atoms with Crippen molar-refractivity contribution in [3.05, 3.63) is 77.5 Å². The zero-order valence-electron chi connectivity index (χ0n) is 14.7. The predicted molar refractivity (Wildman–Crippen MR) is 101 cm³/mol. The molecule has 2 aromatic carbocycles. The van der Waals surface area contributed by atoms with E-state index in [-0.39, 0.29) is 11.6 Å². The fraction of sp³-hybridized carbons (Fsp3) is 0.150. The Kier molecular flexibility index (Phi) is 5.43. The van der Waals surface area contributed by atoms with Gasteiger partial charge in [-0.05, 0) is 37.3 Å². The number of methoxy groups -OCH3 is 1. The van der Waals surface area contributed by atoms with E-state index in [1.54, 1.807) is 19.2 Å². The number of para-hydroxylation sites is 1. The van der Waals surface area contributed by atoms with Gasteiger partial charge in [0.15, 0.2) is 5.69 Å². The lowest BCUT2D eigenvalue weighted by molar-refractivity contribution is 0.102. The van der Waals surface area contributed by atoms with E-state index >= 15 is 0 Å². The van der Waals surface area contributed by atoms with Crippen molar-refractivity contribution in [2.24, 2.45) is 0 Å². The minimum absolute atomic E-state index is 0.258. The molecule has 1 aromatic heterocycles. The molecule has 0 spiro atoms. The van der Waals surface area contributed by atoms with Crippen LogP contribution in [-0.2, 0) is 6.54 Å². The average molecular weight is 348 g/mol. The Morgan fingerprint density at radius 1 is 1.00 bits per heavy atom. The van der Waals surface area contributed by atoms with Gasteiger partial charge in [-0.3, -0.25) is 4.79 Å². The second-order valence-electron chi connectivity index (χ2n) is 5.79. The number of rotatable bonds is 6. The van der Waals surface area contributed by atoms with Crippen LogP contribution in [0.5, 0.6) is 5.75 Å². The molecule has 3 aromatic rings. The number of hydrogen-bond acceptors (Lipinski definition) is 5. The molecule has 0 aliphatic rings. The molecule has 0 unspecified atom stereocenters. The van der Waals surface area contributed by atoms with Gasteiger partial charge in [-0.1, -0.05) is 35.9 Å². The van der Waals surface area contributed by atoms with Gasteiger partial charge in [-0.2, -0.15) is 0 Å². The number of nitrogens with zero attached hydrogens (tertiary/aromatic N) is 2. The number of benzene rings is 2. The Bertz CT molecular complexity index is 877. The molecule has 0 saturated carbocycles. The fourth-order valence-corrected chi connectivity index (χ4v) is 2.41. The highest BCUT2D eigenvalue weighted by molar-refractivity contribution is 6.02. The number of anilines is 2. The van der Waals surface area contributed by atoms with Gasteiger partial charge in [0, 0.05) is 17.8 Å². The first kappa shape index (κ1) is 17.4. The Hall–Kier alpha value is -3.41. The molecule has 26 heavy (non-hydrogen) atoms. The first-order chi connectivity index (χ1) is 12.7. The van der Waals surface area contributed by atoms with Gasteiger partial charge >= 0.3 is 0 Å². The summed E-state index contributed by atoms with van der Waals surface area (Å²) in [5.41, 5.74) is 3.13. The summed E-state index contributed by atoms with van der Waals surface area (Å²) in [4.78, 5) is 12.2. The van der Waals surface area contributed by atoms with Crippen LogP contribution in [0.15, 0.2) is 60.7 Å². The van der Waals surface area contributed by atoms with E-state index in [1.807, 2.05) is 55.5 Å². The van der Waals surface area contributed by atoms with Gasteiger partial charge in [0.1, 0.15) is 11.6 Å². The third-order valence-corrected chi connectivity index (χ3v) is 3.86. The lowest BCUT2D eigenvalue weighted by atomic mass is 10.2. The van der Waals surface area contributed by atoms with Crippen molar-refractivity contribution in [2.45, 2.75) is 13.5 Å². The van der Waals surface area contributed by atoms with Crippen molar-refractivity contribution in [3.8, 4) is 5.75 Å². The Morgan fingerprint density at radius 2 is 1.77 bits per heavy atom. The van der Waals surface area contributed by atoms with Crippen molar-refractivity contribution in [2.75, 3.05) is 17.7 Å². The van der Waals surface area contributed by atoms with Crippen LogP contribution >= 0.6 is 0 Å². The summed E-state index contributed by atoms with van der Waals surface area (Å²) in [6, 6.07) is 18.7. The van der Waals surface area contributed by atoms with Crippen LogP contribution in [0.3, 0.4) is 0 Å². The van der Waals surface area contributed by atoms with Crippen LogP contribution in [0, 0.1) is 6.92 Å². The van der Waals surface area contributed by atoms with Crippen molar-refractivity contribution < 1.29 is 9.53 Å². The van der Waals surface area contributed by atoms with Crippen LogP contribution < -0.4 is 15.4 Å². The molecule has 1 heterocycles. The van der Waals surface area contributed by atoms with E-state index in [0.717, 1.165) is 22.6 Å². The number of carbonyl (C=O) groups excluding carboxylic acids is 1. The molecule has 6 heteroatoms. The Balaban J connectivity index is 1.61. The Labute approximate surface area is 152 Å². The van der Waals surface area contributed by atoms with Gasteiger partial charge in [0.25, 0.3) is 5.91 Å². The summed E-state index contributed by atoms with van der Waals surface area (Å²) < 4.78 is 5.32. The molecule has 0 fully saturated rings. The van der Waals surface area contributed by atoms with E-state index in [0.29, 0.717) is 12.4 Å². The molecule has 132 valence electrons. The lowest BCUT2D eigenvalue weighted by Crippen LogP contribution is -2.15. The van der Waals surface area contributed by atoms with Crippen LogP contribution in [0.25, 0.3) is 0 Å². The number of amides is 1. The SMILES string of the molecule is COc1ccccc1CNc1ccc(C(=O)Nc2ccc(C)cc2)nn1. The maximum absolute atomic E-state index is 12.2. The van der Waals surface area contributed by atoms with Crippen LogP contribution in [0.1, 0.15) is 21.6 Å². The van der Waals surface area contributed by atoms with E-state index in [9.17, 15) is 4.79 Å². The zero-order chi connectivity index (χ0) is 18.4. The highest BCUT2D eigenvalue weighted by atomic mass is 16.5. The van der Waals surface area contributed by atoms with Crippen LogP contribution in [-0.4, -0.2) is 23.2 Å². The van der Waals surface area contributed by atoms with Gasteiger partial charge in [-0.15, -0.1) is 10.2 Å². The van der Waals surface area contributed by atoms with Crippen LogP contribution in [0.2, 0.25) is 0 Å². The summed E-state index contributed by atoms with van der Waals surface area (Å²) >= 11 is 0. The summed E-state index contributed by atoms with van der Waals surface area (Å²) in [7, 11) is 1.64. The molecule has 0 saturated heterocycles. The third kappa shape index (κ3) is 4.36. The van der Waals surface area contributed by atoms with Crippen molar-refractivity contribution in [3.63, 3.8) is 0 Å². The average Bonchev–Trinajstić information content (AvgIpc) is 2.68. The minimum atomic E-state index is -0.294. The van der Waals surface area contributed by atoms with Gasteiger partial charge in [-0.25, -0.2) is 0 Å². The minimum Gasteiger partial charge on any atom is -0.496 e. The van der Waals surface area contributed by atoms with Crippen molar-refractivity contribution in [1.82, 2.24) is 10.2 Å². The molecule has 0 aliphatic heterocycles. The first-order valence-corrected chi connectivity index (χ1v) is 8.23. The molecule has 0 bridgehead atoms. The molecular formula is C20H20N4O2. The monoisotopic (exact) mass is 348 g/mol. The number of aromatic nitrogens is 2. The van der Waals surface area contributed by atoms with E-state index in [1.165, 1.54) is 0 Å². The highest BCUT2D eigenvalue weighted by Gasteiger charge is 2.09. The molecule has 3 rings (SSSR count). The smallest absolute Gasteiger partial charge is 0.276 e. The summed E-state index contributed by atoms with van der Waals surface area (Å²) in [5.74, 6) is 1.10. The molecule has 0 aliphatic carbocycles. The standard InChI is InChI=1S/C20H20N4O2/c1-14-7-9-16(10-8-14)22-20(25)17-11-12-19(24-23-17)21-13-15-5-3-4-6-18(15)26-2/h3-12H,13H2,1-2H3,(H,21,24)(H,22,25). The molecule has 1 amide bonds. The molecule has 0 radical (unpaired) electrons. The molecular weight excluding hydrogens is 328 g/mol. The van der Waals surface area contributed by atoms with Gasteiger partial charge in [0.05, 0.1) is 7.11 Å². The van der Waals surface area contributed by atoms with Crippen molar-refractivity contribution in [1.29, 1.82) is 0 Å². The maximum atomic E-state index is 12.2.